The third kappa shape index (κ3) is 9.44. The lowest BCUT2D eigenvalue weighted by Crippen LogP contribution is -2.62. The van der Waals surface area contributed by atoms with Crippen molar-refractivity contribution in [3.8, 4) is 0 Å². The highest BCUT2D eigenvalue weighted by Crippen LogP contribution is 2.60. The fourth-order valence-electron chi connectivity index (χ4n) is 19.0. The highest BCUT2D eigenvalue weighted by molar-refractivity contribution is 5.70. The number of esters is 1. The first-order valence-electron chi connectivity index (χ1n) is 31.1. The van der Waals surface area contributed by atoms with Crippen LogP contribution < -0.4 is 0 Å². The van der Waals surface area contributed by atoms with Crippen molar-refractivity contribution < 1.29 is 86.4 Å². The predicted molar refractivity (Wildman–Crippen MR) is 277 cm³/mol. The van der Waals surface area contributed by atoms with Gasteiger partial charge in [-0.05, 0) is 99.0 Å². The van der Waals surface area contributed by atoms with Crippen molar-refractivity contribution in [2.75, 3.05) is 6.61 Å². The average molecular weight is 1110 g/mol. The summed E-state index contributed by atoms with van der Waals surface area (Å²) in [5.41, 5.74) is 1.82. The van der Waals surface area contributed by atoms with Gasteiger partial charge in [-0.25, -0.2) is 0 Å². The number of carbonyl (C=O) groups is 1. The van der Waals surface area contributed by atoms with E-state index in [1.807, 2.05) is 0 Å². The van der Waals surface area contributed by atoms with Crippen molar-refractivity contribution in [3.63, 3.8) is 0 Å². The molecular weight excluding hydrogens is 1020 g/mol. The first kappa shape index (κ1) is 54.0. The molecule has 16 rings (SSSR count). The van der Waals surface area contributed by atoms with Gasteiger partial charge in [-0.2, -0.15) is 0 Å². The van der Waals surface area contributed by atoms with Crippen LogP contribution in [-0.4, -0.2) is 192 Å². The highest BCUT2D eigenvalue weighted by atomic mass is 16.8. The predicted octanol–water partition coefficient (Wildman–Crippen LogP) is 5.59. The Morgan fingerprint density at radius 3 is 2.10 bits per heavy atom. The largest absolute Gasteiger partial charge is 0.459 e. The van der Waals surface area contributed by atoms with Crippen LogP contribution in [0.2, 0.25) is 0 Å². The number of fused-ring (bicyclic) bond motifs is 10. The highest BCUT2D eigenvalue weighted by Gasteiger charge is 2.70. The van der Waals surface area contributed by atoms with Crippen molar-refractivity contribution in [1.29, 1.82) is 0 Å². The maximum absolute atomic E-state index is 14.6. The summed E-state index contributed by atoms with van der Waals surface area (Å²) < 4.78 is 97.1. The molecule has 16 aliphatic rings. The summed E-state index contributed by atoms with van der Waals surface area (Å²) in [4.78, 5) is 14.6. The number of hydrogen-bond donors (Lipinski definition) is 3. The molecule has 1 saturated carbocycles. The maximum Gasteiger partial charge on any atom is 0.308 e. The second-order valence-electron chi connectivity index (χ2n) is 28.1. The van der Waals surface area contributed by atoms with Crippen molar-refractivity contribution in [3.05, 3.63) is 24.3 Å². The van der Waals surface area contributed by atoms with E-state index in [1.54, 1.807) is 0 Å². The standard InChI is InChI=1S/C61H88O18/c1-27-13-35-7-9-39-28(2)14-37(66-39)11-12-60-25-48-55(78-60)56-57(73-48)58(79-60)54-40(70-56)10-8-36(68-54)16-49(65)74-53-32(6)52-45(69-44(53)17-41(67-35)31(27)5)19-43-47(72-52)24-61(76-43)23-33-22-59(20-29(3)50(33)77-61)21-30(4)51-46(75-59)18-42(71-51)38(64)15-34(63)26-62/h27,29-30,32-48,50-58,62-64H,2,5,7-26H2,1,3-4,6H3/t27-,29+,30+,32+,33+,34+,35?,36-,37+,38-,39+,40+,41-,42+,43-,44?,45+,46+,47-,48-,50+,51+,52+,53?,54+,55+,56+,57-,58+,59-,60+,61-/m1/s1. The van der Waals surface area contributed by atoms with Crippen LogP contribution in [0.3, 0.4) is 0 Å². The van der Waals surface area contributed by atoms with E-state index in [4.69, 9.17) is 66.3 Å². The van der Waals surface area contributed by atoms with Gasteiger partial charge in [0.25, 0.3) is 0 Å². The molecule has 1 aliphatic carbocycles. The molecule has 15 saturated heterocycles. The molecule has 0 aromatic heterocycles. The van der Waals surface area contributed by atoms with Gasteiger partial charge in [-0.15, -0.1) is 0 Å². The van der Waals surface area contributed by atoms with Crippen molar-refractivity contribution in [2.45, 2.75) is 313 Å². The molecule has 3 spiro atoms. The van der Waals surface area contributed by atoms with Crippen molar-refractivity contribution in [2.24, 2.45) is 29.6 Å². The van der Waals surface area contributed by atoms with Crippen molar-refractivity contribution >= 4 is 5.97 Å². The van der Waals surface area contributed by atoms with Gasteiger partial charge < -0.3 is 81.6 Å². The number of ether oxygens (including phenoxy) is 14. The van der Waals surface area contributed by atoms with Crippen LogP contribution in [0, 0.1) is 29.6 Å². The molecule has 3 N–H and O–H groups in total. The Bertz CT molecular complexity index is 2340. The number of hydrogen-bond acceptors (Lipinski definition) is 18. The molecule has 18 nitrogen and oxygen atoms in total. The van der Waals surface area contributed by atoms with Gasteiger partial charge in [0.2, 0.25) is 0 Å². The molecule has 3 unspecified atom stereocenters. The minimum Gasteiger partial charge on any atom is -0.459 e. The Labute approximate surface area is 464 Å². The lowest BCUT2D eigenvalue weighted by molar-refractivity contribution is -0.293. The molecule has 16 fully saturated rings. The third-order valence-corrected chi connectivity index (χ3v) is 22.5. The lowest BCUT2D eigenvalue weighted by atomic mass is 9.66. The Morgan fingerprint density at radius 2 is 1.25 bits per heavy atom. The quantitative estimate of drug-likeness (QED) is 0.232. The van der Waals surface area contributed by atoms with Crippen LogP contribution in [0.25, 0.3) is 0 Å². The van der Waals surface area contributed by atoms with Crippen LogP contribution in [0.1, 0.15) is 150 Å². The number of carbonyl (C=O) groups excluding carboxylic acids is 1. The van der Waals surface area contributed by atoms with E-state index in [0.29, 0.717) is 44.9 Å². The number of aliphatic hydroxyl groups excluding tert-OH is 3. The molecule has 0 aromatic carbocycles. The number of rotatable bonds is 4. The van der Waals surface area contributed by atoms with E-state index in [9.17, 15) is 20.1 Å². The number of aliphatic hydroxyl groups is 3. The topological polar surface area (TPSA) is 207 Å². The molecule has 15 heterocycles. The van der Waals surface area contributed by atoms with Crippen LogP contribution in [0.5, 0.6) is 0 Å². The zero-order valence-corrected chi connectivity index (χ0v) is 46.8. The van der Waals surface area contributed by atoms with Gasteiger partial charge in [-0.1, -0.05) is 40.9 Å². The Balaban J connectivity index is 0.655. The molecule has 18 heteroatoms. The third-order valence-electron chi connectivity index (χ3n) is 22.5. The Kier molecular flexibility index (Phi) is 13.8. The van der Waals surface area contributed by atoms with E-state index in [-0.39, 0.29) is 158 Å². The summed E-state index contributed by atoms with van der Waals surface area (Å²) >= 11 is 0. The Hall–Kier alpha value is -1.69. The summed E-state index contributed by atoms with van der Waals surface area (Å²) in [5.74, 6) is -1.27. The van der Waals surface area contributed by atoms with Crippen LogP contribution in [-0.2, 0) is 71.1 Å². The van der Waals surface area contributed by atoms with Gasteiger partial charge in [0.05, 0.1) is 129 Å². The van der Waals surface area contributed by atoms with Crippen LogP contribution in [0.4, 0.5) is 0 Å². The van der Waals surface area contributed by atoms with Gasteiger partial charge >= 0.3 is 5.97 Å². The maximum atomic E-state index is 14.6. The smallest absolute Gasteiger partial charge is 0.308 e. The zero-order chi connectivity index (χ0) is 54.0. The second-order valence-corrected chi connectivity index (χ2v) is 28.1. The molecular formula is C61H88O18. The van der Waals surface area contributed by atoms with E-state index in [2.05, 4.69) is 40.9 Å². The van der Waals surface area contributed by atoms with E-state index < -0.39 is 60.9 Å². The van der Waals surface area contributed by atoms with E-state index in [0.717, 1.165) is 75.4 Å². The van der Waals surface area contributed by atoms with Gasteiger partial charge in [0, 0.05) is 57.3 Å². The lowest BCUT2D eigenvalue weighted by Gasteiger charge is -2.51. The molecule has 79 heavy (non-hydrogen) atoms. The van der Waals surface area contributed by atoms with Crippen molar-refractivity contribution in [1.82, 2.24) is 0 Å². The normalized spacial score (nSPS) is 57.2. The fraction of sp³-hybridized carbons (Fsp3) is 0.918. The van der Waals surface area contributed by atoms with Gasteiger partial charge in [-0.3, -0.25) is 4.79 Å². The average Bonchev–Trinajstić information content (AvgIpc) is 4.24. The molecule has 15 aliphatic heterocycles. The van der Waals surface area contributed by atoms with E-state index in [1.165, 1.54) is 0 Å². The molecule has 0 aromatic rings. The van der Waals surface area contributed by atoms with E-state index >= 15 is 0 Å². The molecule has 12 bridgehead atoms. The minimum absolute atomic E-state index is 0.00901. The first-order chi connectivity index (χ1) is 38.0. The van der Waals surface area contributed by atoms with Crippen LogP contribution in [0.15, 0.2) is 24.3 Å². The summed E-state index contributed by atoms with van der Waals surface area (Å²) in [6, 6.07) is 0. The summed E-state index contributed by atoms with van der Waals surface area (Å²) in [7, 11) is 0. The molecule has 32 atom stereocenters. The molecule has 440 valence electrons. The monoisotopic (exact) mass is 1110 g/mol. The first-order valence-corrected chi connectivity index (χ1v) is 31.1. The molecule has 0 radical (unpaired) electrons. The van der Waals surface area contributed by atoms with Gasteiger partial charge in [0.1, 0.15) is 36.6 Å². The SMILES string of the molecule is C=C1C[C@@H]2CC[C@@]34C[C@H]5O[C@H]6[C@@H](O3)[C@H]3O[C@H](CC[C@@H]3O[C@H]6[C@H]5O4)CC(=O)OC3C(C[C@H]4OC(CC[C@@H]1O2)C[C@@H](C)C4=C)O[C@H]1C[C@H]2O[C@@]4(C[C@@H]5C[C@@]6(C[C@H](C)[C@@H]5O4)C[C@H](C)[C@@H]4O[C@H]([C@H](O)C[C@H](O)CO)C[C@@H]4O6)C[C@H]2O[C@H]1[C@@H]3C. The zero-order valence-electron chi connectivity index (χ0n) is 46.8. The fourth-order valence-corrected chi connectivity index (χ4v) is 19.0. The van der Waals surface area contributed by atoms with Gasteiger partial charge in [0.15, 0.2) is 11.6 Å². The summed E-state index contributed by atoms with van der Waals surface area (Å²) in [6.07, 6.45) is 5.15. The molecule has 0 amide bonds. The minimum atomic E-state index is -0.991. The second kappa shape index (κ2) is 20.2. The summed E-state index contributed by atoms with van der Waals surface area (Å²) in [5, 5.41) is 30.4. The Morgan fingerprint density at radius 1 is 0.532 bits per heavy atom. The van der Waals surface area contributed by atoms with Crippen LogP contribution >= 0.6 is 0 Å². The summed E-state index contributed by atoms with van der Waals surface area (Å²) in [6.45, 7) is 17.6.